The van der Waals surface area contributed by atoms with Crippen LogP contribution in [0.1, 0.15) is 21.5 Å². The second-order valence-electron chi connectivity index (χ2n) is 5.99. The fourth-order valence-electron chi connectivity index (χ4n) is 3.13. The van der Waals surface area contributed by atoms with E-state index in [9.17, 15) is 4.79 Å². The highest BCUT2D eigenvalue weighted by atomic mass is 32.1. The largest absolute Gasteiger partial charge is 0.375 e. The van der Waals surface area contributed by atoms with E-state index in [1.165, 1.54) is 16.9 Å². The molecule has 120 valence electrons. The summed E-state index contributed by atoms with van der Waals surface area (Å²) < 4.78 is 0. The van der Waals surface area contributed by atoms with Crippen LogP contribution in [-0.4, -0.2) is 17.4 Å². The van der Waals surface area contributed by atoms with Crippen LogP contribution >= 0.6 is 11.3 Å². The van der Waals surface area contributed by atoms with Crippen molar-refractivity contribution in [2.75, 3.05) is 17.2 Å². The number of carbonyl (C=O) groups is 1. The van der Waals surface area contributed by atoms with E-state index in [-0.39, 0.29) is 5.91 Å². The lowest BCUT2D eigenvalue weighted by molar-refractivity contribution is 0.0989. The molecule has 1 aliphatic heterocycles. The lowest BCUT2D eigenvalue weighted by Crippen LogP contribution is -2.28. The van der Waals surface area contributed by atoms with Gasteiger partial charge >= 0.3 is 0 Å². The molecule has 0 saturated carbocycles. The van der Waals surface area contributed by atoms with Crippen molar-refractivity contribution in [3.8, 4) is 11.3 Å². The van der Waals surface area contributed by atoms with Crippen LogP contribution in [0.3, 0.4) is 0 Å². The molecule has 4 rings (SSSR count). The van der Waals surface area contributed by atoms with Gasteiger partial charge in [0.1, 0.15) is 0 Å². The molecule has 2 aromatic carbocycles. The number of hydrogen-bond acceptors (Lipinski definition) is 4. The summed E-state index contributed by atoms with van der Waals surface area (Å²) in [7, 11) is 0. The Morgan fingerprint density at radius 1 is 1.25 bits per heavy atom. The van der Waals surface area contributed by atoms with E-state index in [2.05, 4.69) is 11.1 Å². The van der Waals surface area contributed by atoms with Crippen LogP contribution in [0, 0.1) is 6.92 Å². The Morgan fingerprint density at radius 3 is 2.88 bits per heavy atom. The van der Waals surface area contributed by atoms with Crippen LogP contribution in [0.25, 0.3) is 11.3 Å². The molecule has 4 nitrogen and oxygen atoms in total. The van der Waals surface area contributed by atoms with Gasteiger partial charge in [-0.1, -0.05) is 23.8 Å². The highest BCUT2D eigenvalue weighted by molar-refractivity contribution is 7.13. The maximum absolute atomic E-state index is 12.8. The van der Waals surface area contributed by atoms with Gasteiger partial charge in [0.25, 0.3) is 5.91 Å². The number of fused-ring (bicyclic) bond motifs is 1. The number of aryl methyl sites for hydroxylation is 1. The molecule has 1 amide bonds. The summed E-state index contributed by atoms with van der Waals surface area (Å²) in [6.45, 7) is 2.71. The summed E-state index contributed by atoms with van der Waals surface area (Å²) in [5.41, 5.74) is 11.7. The maximum atomic E-state index is 12.8. The average molecular weight is 335 g/mol. The van der Waals surface area contributed by atoms with Gasteiger partial charge in [0.15, 0.2) is 5.13 Å². The van der Waals surface area contributed by atoms with E-state index in [1.54, 1.807) is 0 Å². The number of nitrogen functional groups attached to an aromatic ring is 1. The molecular weight excluding hydrogens is 318 g/mol. The molecule has 2 N–H and O–H groups in total. The third kappa shape index (κ3) is 2.57. The zero-order valence-electron chi connectivity index (χ0n) is 13.3. The minimum atomic E-state index is 0.0584. The van der Waals surface area contributed by atoms with E-state index in [0.717, 1.165) is 34.5 Å². The van der Waals surface area contributed by atoms with Crippen molar-refractivity contribution in [1.82, 2.24) is 4.98 Å². The van der Waals surface area contributed by atoms with Gasteiger partial charge in [-0.15, -0.1) is 11.3 Å². The number of rotatable bonds is 2. The molecule has 0 aliphatic carbocycles. The van der Waals surface area contributed by atoms with Gasteiger partial charge < -0.3 is 10.6 Å². The highest BCUT2D eigenvalue weighted by Crippen LogP contribution is 2.33. The molecule has 0 unspecified atom stereocenters. The summed E-state index contributed by atoms with van der Waals surface area (Å²) in [6, 6.07) is 13.9. The summed E-state index contributed by atoms with van der Waals surface area (Å²) in [5.74, 6) is 0.0584. The Kier molecular flexibility index (Phi) is 3.58. The van der Waals surface area contributed by atoms with Crippen molar-refractivity contribution in [2.45, 2.75) is 13.3 Å². The van der Waals surface area contributed by atoms with Crippen LogP contribution in [0.2, 0.25) is 0 Å². The lowest BCUT2D eigenvalue weighted by atomic mass is 10.1. The van der Waals surface area contributed by atoms with E-state index >= 15 is 0 Å². The number of hydrogen-bond donors (Lipinski definition) is 1. The number of anilines is 2. The molecule has 0 atom stereocenters. The van der Waals surface area contributed by atoms with Gasteiger partial charge in [0.05, 0.1) is 5.69 Å². The zero-order valence-corrected chi connectivity index (χ0v) is 14.1. The minimum Gasteiger partial charge on any atom is -0.375 e. The maximum Gasteiger partial charge on any atom is 0.258 e. The van der Waals surface area contributed by atoms with Crippen LogP contribution < -0.4 is 10.6 Å². The molecule has 1 aromatic heterocycles. The van der Waals surface area contributed by atoms with Gasteiger partial charge in [-0.05, 0) is 43.2 Å². The number of carbonyl (C=O) groups excluding carboxylic acids is 1. The van der Waals surface area contributed by atoms with Gasteiger partial charge in [-0.2, -0.15) is 0 Å². The van der Waals surface area contributed by atoms with Gasteiger partial charge in [-0.3, -0.25) is 4.79 Å². The van der Waals surface area contributed by atoms with Gasteiger partial charge in [-0.25, -0.2) is 4.98 Å². The van der Waals surface area contributed by atoms with Crippen LogP contribution in [0.4, 0.5) is 10.8 Å². The SMILES string of the molecule is Cc1cccc(C(=O)N2CCc3cc(-c4csc(N)n4)ccc32)c1. The first-order chi connectivity index (χ1) is 11.6. The Morgan fingerprint density at radius 2 is 2.12 bits per heavy atom. The number of amides is 1. The Hall–Kier alpha value is -2.66. The summed E-state index contributed by atoms with van der Waals surface area (Å²) in [4.78, 5) is 19.0. The van der Waals surface area contributed by atoms with Crippen molar-refractivity contribution in [3.63, 3.8) is 0 Å². The normalized spacial score (nSPS) is 13.1. The zero-order chi connectivity index (χ0) is 16.7. The van der Waals surface area contributed by atoms with Crippen molar-refractivity contribution in [2.24, 2.45) is 0 Å². The van der Waals surface area contributed by atoms with Crippen molar-refractivity contribution in [1.29, 1.82) is 0 Å². The minimum absolute atomic E-state index is 0.0584. The topological polar surface area (TPSA) is 59.2 Å². The quantitative estimate of drug-likeness (QED) is 0.772. The van der Waals surface area contributed by atoms with Crippen molar-refractivity contribution >= 4 is 28.1 Å². The predicted octanol–water partition coefficient (Wildman–Crippen LogP) is 3.90. The molecule has 2 heterocycles. The Labute approximate surface area is 144 Å². The lowest BCUT2D eigenvalue weighted by Gasteiger charge is -2.18. The molecular formula is C19H17N3OS. The molecule has 24 heavy (non-hydrogen) atoms. The monoisotopic (exact) mass is 335 g/mol. The number of benzene rings is 2. The molecule has 0 radical (unpaired) electrons. The molecule has 0 spiro atoms. The van der Waals surface area contributed by atoms with Gasteiger partial charge in [0.2, 0.25) is 0 Å². The van der Waals surface area contributed by atoms with E-state index in [4.69, 9.17) is 5.73 Å². The molecule has 1 aliphatic rings. The second-order valence-corrected chi connectivity index (χ2v) is 6.88. The molecule has 3 aromatic rings. The summed E-state index contributed by atoms with van der Waals surface area (Å²) >= 11 is 1.44. The second kappa shape index (κ2) is 5.76. The predicted molar refractivity (Wildman–Crippen MR) is 98.5 cm³/mol. The van der Waals surface area contributed by atoms with E-state index < -0.39 is 0 Å². The number of aromatic nitrogens is 1. The first-order valence-corrected chi connectivity index (χ1v) is 8.72. The average Bonchev–Trinajstić information content (AvgIpc) is 3.19. The molecule has 0 bridgehead atoms. The van der Waals surface area contributed by atoms with Crippen LogP contribution in [-0.2, 0) is 6.42 Å². The van der Waals surface area contributed by atoms with Gasteiger partial charge in [0, 0.05) is 28.7 Å². The third-order valence-corrected chi connectivity index (χ3v) is 4.98. The number of nitrogens with zero attached hydrogens (tertiary/aromatic N) is 2. The summed E-state index contributed by atoms with van der Waals surface area (Å²) in [6.07, 6.45) is 0.861. The Bertz CT molecular complexity index is 932. The number of nitrogens with two attached hydrogens (primary N) is 1. The fraction of sp³-hybridized carbons (Fsp3) is 0.158. The smallest absolute Gasteiger partial charge is 0.258 e. The van der Waals surface area contributed by atoms with Crippen LogP contribution in [0.5, 0.6) is 0 Å². The summed E-state index contributed by atoms with van der Waals surface area (Å²) in [5, 5.41) is 2.53. The molecule has 0 fully saturated rings. The molecule has 5 heteroatoms. The highest BCUT2D eigenvalue weighted by Gasteiger charge is 2.26. The fourth-order valence-corrected chi connectivity index (χ4v) is 3.70. The first-order valence-electron chi connectivity index (χ1n) is 7.84. The van der Waals surface area contributed by atoms with Crippen LogP contribution in [0.15, 0.2) is 47.8 Å². The standard InChI is InChI=1S/C19H17N3OS/c1-12-3-2-4-15(9-12)18(23)22-8-7-14-10-13(5-6-17(14)22)16-11-24-19(20)21-16/h2-6,9-11H,7-8H2,1H3,(H2,20,21). The number of thiazole rings is 1. The van der Waals surface area contributed by atoms with Crippen molar-refractivity contribution in [3.05, 3.63) is 64.5 Å². The van der Waals surface area contributed by atoms with E-state index in [0.29, 0.717) is 11.7 Å². The first kappa shape index (κ1) is 14.9. The Balaban J connectivity index is 1.66. The van der Waals surface area contributed by atoms with E-state index in [1.807, 2.05) is 53.6 Å². The third-order valence-electron chi connectivity index (χ3n) is 4.30. The van der Waals surface area contributed by atoms with Crippen molar-refractivity contribution < 1.29 is 4.79 Å². The molecule has 0 saturated heterocycles.